The molecule has 0 fully saturated rings. The van der Waals surface area contributed by atoms with Crippen molar-refractivity contribution in [3.8, 4) is 5.75 Å². The maximum Gasteiger partial charge on any atom is 0.143 e. The Hall–Kier alpha value is -1.33. The molecular weight excluding hydrogens is 234 g/mol. The molecule has 17 heavy (non-hydrogen) atoms. The lowest BCUT2D eigenvalue weighted by atomic mass is 10.3. The minimum Gasteiger partial charge on any atom is -0.490 e. The van der Waals surface area contributed by atoms with Crippen LogP contribution in [0.25, 0.3) is 10.2 Å². The number of anilines is 1. The highest BCUT2D eigenvalue weighted by molar-refractivity contribution is 7.19. The monoisotopic (exact) mass is 251 g/mol. The highest BCUT2D eigenvalue weighted by Gasteiger charge is 2.09. The first-order valence-electron chi connectivity index (χ1n) is 5.51. The van der Waals surface area contributed by atoms with E-state index >= 15 is 0 Å². The molecule has 2 N–H and O–H groups in total. The third-order valence-corrected chi connectivity index (χ3v) is 3.48. The minimum absolute atomic E-state index is 0.639. The van der Waals surface area contributed by atoms with E-state index in [0.29, 0.717) is 12.3 Å². The first-order chi connectivity index (χ1) is 8.08. The van der Waals surface area contributed by atoms with Crippen LogP contribution in [-0.4, -0.2) is 37.1 Å². The van der Waals surface area contributed by atoms with Gasteiger partial charge in [0.15, 0.2) is 0 Å². The molecule has 0 saturated carbocycles. The zero-order chi connectivity index (χ0) is 12.4. The van der Waals surface area contributed by atoms with Gasteiger partial charge in [-0.1, -0.05) is 0 Å². The van der Waals surface area contributed by atoms with Crippen molar-refractivity contribution in [3.63, 3.8) is 0 Å². The number of rotatable bonds is 4. The summed E-state index contributed by atoms with van der Waals surface area (Å²) >= 11 is 1.61. The fourth-order valence-corrected chi connectivity index (χ4v) is 2.44. The molecule has 4 nitrogen and oxygen atoms in total. The van der Waals surface area contributed by atoms with Crippen LogP contribution in [0.2, 0.25) is 0 Å². The standard InChI is InChI=1S/C12H17N3OS/c1-8-14-9-4-5-10(11(13)12(9)17-8)16-7-6-15(2)3/h4-5H,6-7,13H2,1-3H3. The van der Waals surface area contributed by atoms with E-state index in [0.717, 1.165) is 27.5 Å². The van der Waals surface area contributed by atoms with Gasteiger partial charge in [0.1, 0.15) is 12.4 Å². The van der Waals surface area contributed by atoms with E-state index in [4.69, 9.17) is 10.5 Å². The topological polar surface area (TPSA) is 51.4 Å². The van der Waals surface area contributed by atoms with E-state index in [2.05, 4.69) is 9.88 Å². The normalized spacial score (nSPS) is 11.3. The third kappa shape index (κ3) is 2.68. The number of hydrogen-bond acceptors (Lipinski definition) is 5. The number of benzene rings is 1. The van der Waals surface area contributed by atoms with Crippen LogP contribution in [0.5, 0.6) is 5.75 Å². The summed E-state index contributed by atoms with van der Waals surface area (Å²) in [4.78, 5) is 6.47. The fourth-order valence-electron chi connectivity index (χ4n) is 1.57. The van der Waals surface area contributed by atoms with Crippen LogP contribution in [0.15, 0.2) is 12.1 Å². The molecule has 0 saturated heterocycles. The van der Waals surface area contributed by atoms with Crippen molar-refractivity contribution in [2.45, 2.75) is 6.92 Å². The van der Waals surface area contributed by atoms with E-state index in [1.54, 1.807) is 11.3 Å². The highest BCUT2D eigenvalue weighted by atomic mass is 32.1. The molecule has 0 bridgehead atoms. The predicted octanol–water partition coefficient (Wildman–Crippen LogP) is 2.13. The van der Waals surface area contributed by atoms with Crippen molar-refractivity contribution >= 4 is 27.2 Å². The van der Waals surface area contributed by atoms with Crippen LogP contribution in [0.3, 0.4) is 0 Å². The molecule has 5 heteroatoms. The lowest BCUT2D eigenvalue weighted by Gasteiger charge is -2.12. The lowest BCUT2D eigenvalue weighted by molar-refractivity contribution is 0.262. The fraction of sp³-hybridized carbons (Fsp3) is 0.417. The summed E-state index contributed by atoms with van der Waals surface area (Å²) in [5.74, 6) is 0.753. The van der Waals surface area contributed by atoms with Crippen molar-refractivity contribution < 1.29 is 4.74 Å². The second-order valence-corrected chi connectivity index (χ2v) is 5.41. The van der Waals surface area contributed by atoms with E-state index < -0.39 is 0 Å². The molecule has 0 radical (unpaired) electrons. The van der Waals surface area contributed by atoms with Gasteiger partial charge in [-0.05, 0) is 33.2 Å². The molecule has 1 heterocycles. The molecule has 2 aromatic rings. The number of hydrogen-bond donors (Lipinski definition) is 1. The maximum atomic E-state index is 6.08. The number of aromatic nitrogens is 1. The van der Waals surface area contributed by atoms with Gasteiger partial charge in [0.05, 0.1) is 20.9 Å². The van der Waals surface area contributed by atoms with Gasteiger partial charge in [-0.3, -0.25) is 0 Å². The van der Waals surface area contributed by atoms with Gasteiger partial charge in [0.25, 0.3) is 0 Å². The zero-order valence-corrected chi connectivity index (χ0v) is 11.2. The minimum atomic E-state index is 0.639. The Labute approximate surface area is 105 Å². The number of nitrogen functional groups attached to an aromatic ring is 1. The van der Waals surface area contributed by atoms with Crippen molar-refractivity contribution in [1.29, 1.82) is 0 Å². The largest absolute Gasteiger partial charge is 0.490 e. The van der Waals surface area contributed by atoms with Crippen LogP contribution in [0.4, 0.5) is 5.69 Å². The summed E-state index contributed by atoms with van der Waals surface area (Å²) in [5.41, 5.74) is 7.73. The molecule has 0 aliphatic heterocycles. The van der Waals surface area contributed by atoms with Gasteiger partial charge in [0.2, 0.25) is 0 Å². The Balaban J connectivity index is 2.20. The van der Waals surface area contributed by atoms with Crippen LogP contribution >= 0.6 is 11.3 Å². The molecule has 0 atom stereocenters. The summed E-state index contributed by atoms with van der Waals surface area (Å²) < 4.78 is 6.70. The Bertz CT molecular complexity index is 522. The Kier molecular flexibility index (Phi) is 3.49. The van der Waals surface area contributed by atoms with E-state index in [1.807, 2.05) is 33.2 Å². The molecule has 0 aliphatic rings. The van der Waals surface area contributed by atoms with E-state index in [1.165, 1.54) is 0 Å². The van der Waals surface area contributed by atoms with Gasteiger partial charge >= 0.3 is 0 Å². The summed E-state index contributed by atoms with van der Waals surface area (Å²) in [6.45, 7) is 3.50. The summed E-state index contributed by atoms with van der Waals surface area (Å²) in [7, 11) is 4.03. The Morgan fingerprint density at radius 2 is 2.18 bits per heavy atom. The molecule has 0 amide bonds. The second-order valence-electron chi connectivity index (χ2n) is 4.21. The number of nitrogens with two attached hydrogens (primary N) is 1. The average Bonchev–Trinajstić information content (AvgIpc) is 2.63. The number of likely N-dealkylation sites (N-methyl/N-ethyl adjacent to an activating group) is 1. The molecule has 0 unspecified atom stereocenters. The molecule has 1 aromatic carbocycles. The Morgan fingerprint density at radius 3 is 2.88 bits per heavy atom. The SMILES string of the molecule is Cc1nc2ccc(OCCN(C)C)c(N)c2s1. The van der Waals surface area contributed by atoms with Crippen molar-refractivity contribution in [2.75, 3.05) is 33.0 Å². The van der Waals surface area contributed by atoms with Gasteiger partial charge < -0.3 is 15.4 Å². The zero-order valence-electron chi connectivity index (χ0n) is 10.4. The third-order valence-electron chi connectivity index (χ3n) is 2.46. The molecule has 2 rings (SSSR count). The van der Waals surface area contributed by atoms with Gasteiger partial charge in [-0.15, -0.1) is 11.3 Å². The Morgan fingerprint density at radius 1 is 1.41 bits per heavy atom. The molecule has 1 aromatic heterocycles. The van der Waals surface area contributed by atoms with Crippen molar-refractivity contribution in [2.24, 2.45) is 0 Å². The molecule has 0 spiro atoms. The van der Waals surface area contributed by atoms with Gasteiger partial charge in [0, 0.05) is 6.54 Å². The van der Waals surface area contributed by atoms with Crippen molar-refractivity contribution in [1.82, 2.24) is 9.88 Å². The first-order valence-corrected chi connectivity index (χ1v) is 6.32. The summed E-state index contributed by atoms with van der Waals surface area (Å²) in [6, 6.07) is 3.85. The number of aryl methyl sites for hydroxylation is 1. The van der Waals surface area contributed by atoms with Crippen LogP contribution < -0.4 is 10.5 Å². The first kappa shape index (κ1) is 12.1. The molecule has 92 valence electrons. The smallest absolute Gasteiger partial charge is 0.143 e. The number of fused-ring (bicyclic) bond motifs is 1. The average molecular weight is 251 g/mol. The number of thiazole rings is 1. The van der Waals surface area contributed by atoms with Gasteiger partial charge in [-0.2, -0.15) is 0 Å². The lowest BCUT2D eigenvalue weighted by Crippen LogP contribution is -2.19. The van der Waals surface area contributed by atoms with Crippen LogP contribution in [-0.2, 0) is 0 Å². The molecular formula is C12H17N3OS. The number of ether oxygens (including phenoxy) is 1. The maximum absolute atomic E-state index is 6.08. The van der Waals surface area contributed by atoms with Crippen LogP contribution in [0.1, 0.15) is 5.01 Å². The van der Waals surface area contributed by atoms with E-state index in [-0.39, 0.29) is 0 Å². The quantitative estimate of drug-likeness (QED) is 0.846. The van der Waals surface area contributed by atoms with Gasteiger partial charge in [-0.25, -0.2) is 4.98 Å². The predicted molar refractivity (Wildman–Crippen MR) is 72.8 cm³/mol. The van der Waals surface area contributed by atoms with Crippen LogP contribution in [0, 0.1) is 6.92 Å². The number of nitrogens with zero attached hydrogens (tertiary/aromatic N) is 2. The van der Waals surface area contributed by atoms with E-state index in [9.17, 15) is 0 Å². The summed E-state index contributed by atoms with van der Waals surface area (Å²) in [5, 5.41) is 1.03. The molecule has 0 aliphatic carbocycles. The second kappa shape index (κ2) is 4.89. The summed E-state index contributed by atoms with van der Waals surface area (Å²) in [6.07, 6.45) is 0. The van der Waals surface area contributed by atoms with Crippen molar-refractivity contribution in [3.05, 3.63) is 17.1 Å². The highest BCUT2D eigenvalue weighted by Crippen LogP contribution is 2.34.